The topological polar surface area (TPSA) is 61.8 Å². The van der Waals surface area contributed by atoms with Crippen molar-refractivity contribution in [1.82, 2.24) is 5.32 Å². The van der Waals surface area contributed by atoms with Gasteiger partial charge in [0.15, 0.2) is 11.0 Å². The number of nitrogens with zero attached hydrogens (tertiary/aromatic N) is 2. The largest absolute Gasteiger partial charge is 0.301 e. The second-order valence-corrected chi connectivity index (χ2v) is 5.28. The summed E-state index contributed by atoms with van der Waals surface area (Å²) in [4.78, 5) is 30.3. The van der Waals surface area contributed by atoms with E-state index < -0.39 is 17.7 Å². The number of rotatable bonds is 3. The fourth-order valence-corrected chi connectivity index (χ4v) is 2.51. The van der Waals surface area contributed by atoms with E-state index in [-0.39, 0.29) is 5.11 Å². The third kappa shape index (κ3) is 3.17. The average Bonchev–Trinajstić information content (AvgIpc) is 2.56. The average molecular weight is 323 g/mol. The molecule has 1 unspecified atom stereocenters. The van der Waals surface area contributed by atoms with Crippen LogP contribution in [0.2, 0.25) is 0 Å². The second-order valence-electron chi connectivity index (χ2n) is 4.89. The number of benzene rings is 2. The molecule has 2 aromatic rings. The number of thiocarbonyl (C=S) groups is 1. The number of hydrogen-bond acceptors (Lipinski definition) is 4. The number of nitrogens with one attached hydrogen (secondary N) is 1. The highest BCUT2D eigenvalue weighted by Gasteiger charge is 2.38. The third-order valence-electron chi connectivity index (χ3n) is 3.35. The first kappa shape index (κ1) is 15.1. The Labute approximate surface area is 138 Å². The van der Waals surface area contributed by atoms with Crippen molar-refractivity contribution >= 4 is 46.7 Å². The molecule has 6 heteroatoms. The fraction of sp³-hybridized carbons (Fsp3) is 0.0588. The van der Waals surface area contributed by atoms with Crippen molar-refractivity contribution in [3.8, 4) is 0 Å². The van der Waals surface area contributed by atoms with Crippen molar-refractivity contribution in [2.24, 2.45) is 10.9 Å². The minimum atomic E-state index is -1.01. The molecule has 1 N–H and O–H groups in total. The Kier molecular flexibility index (Phi) is 4.25. The Balaban J connectivity index is 1.88. The number of amides is 2. The molecule has 1 heterocycles. The molecule has 2 aromatic carbocycles. The zero-order valence-corrected chi connectivity index (χ0v) is 12.9. The molecule has 5 nitrogen and oxygen atoms in total. The van der Waals surface area contributed by atoms with Crippen LogP contribution in [0.25, 0.3) is 0 Å². The van der Waals surface area contributed by atoms with Gasteiger partial charge in [0, 0.05) is 6.21 Å². The van der Waals surface area contributed by atoms with Crippen LogP contribution < -0.4 is 10.2 Å². The number of aliphatic imine (C=N–C) groups is 1. The zero-order valence-electron chi connectivity index (χ0n) is 12.0. The van der Waals surface area contributed by atoms with Gasteiger partial charge < -0.3 is 5.32 Å². The fourth-order valence-electron chi connectivity index (χ4n) is 2.22. The predicted octanol–water partition coefficient (Wildman–Crippen LogP) is 2.45. The quantitative estimate of drug-likeness (QED) is 0.536. The molecule has 1 saturated heterocycles. The minimum Gasteiger partial charge on any atom is -0.301 e. The lowest BCUT2D eigenvalue weighted by atomic mass is 10.1. The van der Waals surface area contributed by atoms with Gasteiger partial charge in [-0.15, -0.1) is 0 Å². The molecule has 0 spiro atoms. The predicted molar refractivity (Wildman–Crippen MR) is 92.8 cm³/mol. The SMILES string of the molecule is O=C1NC(=S)N(c2ccccc2)C(=O)C1C=Nc1ccccc1. The highest BCUT2D eigenvalue weighted by Crippen LogP contribution is 2.20. The second kappa shape index (κ2) is 6.50. The molecule has 1 aliphatic rings. The molecule has 2 amide bonds. The standard InChI is InChI=1S/C17H13N3O2S/c21-15-14(11-18-12-7-3-1-4-8-12)16(22)20(17(23)19-15)13-9-5-2-6-10-13/h1-11,14H,(H,19,21,23). The molecule has 0 bridgehead atoms. The van der Waals surface area contributed by atoms with Crippen LogP contribution in [0.15, 0.2) is 65.7 Å². The maximum Gasteiger partial charge on any atom is 0.251 e. The van der Waals surface area contributed by atoms with Crippen LogP contribution in [0.5, 0.6) is 0 Å². The minimum absolute atomic E-state index is 0.0792. The van der Waals surface area contributed by atoms with E-state index in [9.17, 15) is 9.59 Å². The summed E-state index contributed by atoms with van der Waals surface area (Å²) in [6, 6.07) is 18.1. The highest BCUT2D eigenvalue weighted by atomic mass is 32.1. The summed E-state index contributed by atoms with van der Waals surface area (Å²) in [5, 5.41) is 2.63. The Morgan fingerprint density at radius 1 is 1.00 bits per heavy atom. The zero-order chi connectivity index (χ0) is 16.2. The van der Waals surface area contributed by atoms with Gasteiger partial charge in [-0.05, 0) is 36.5 Å². The Morgan fingerprint density at radius 3 is 2.26 bits per heavy atom. The molecule has 0 radical (unpaired) electrons. The van der Waals surface area contributed by atoms with Crippen molar-refractivity contribution in [3.05, 3.63) is 60.7 Å². The molecule has 0 aliphatic carbocycles. The number of carbonyl (C=O) groups is 2. The molecular weight excluding hydrogens is 310 g/mol. The lowest BCUT2D eigenvalue weighted by Crippen LogP contribution is -2.58. The summed E-state index contributed by atoms with van der Waals surface area (Å²) in [6.45, 7) is 0. The van der Waals surface area contributed by atoms with E-state index in [1.165, 1.54) is 11.1 Å². The van der Waals surface area contributed by atoms with E-state index >= 15 is 0 Å². The summed E-state index contributed by atoms with van der Waals surface area (Å²) in [6.07, 6.45) is 1.35. The monoisotopic (exact) mass is 323 g/mol. The Hall–Kier alpha value is -2.86. The lowest BCUT2D eigenvalue weighted by molar-refractivity contribution is -0.130. The summed E-state index contributed by atoms with van der Waals surface area (Å²) in [5.74, 6) is -1.89. The highest BCUT2D eigenvalue weighted by molar-refractivity contribution is 7.80. The van der Waals surface area contributed by atoms with E-state index in [1.807, 2.05) is 24.3 Å². The van der Waals surface area contributed by atoms with Crippen molar-refractivity contribution < 1.29 is 9.59 Å². The van der Waals surface area contributed by atoms with Crippen LogP contribution >= 0.6 is 12.2 Å². The number of carbonyl (C=O) groups excluding carboxylic acids is 2. The van der Waals surface area contributed by atoms with Crippen molar-refractivity contribution in [1.29, 1.82) is 0 Å². The van der Waals surface area contributed by atoms with Crippen molar-refractivity contribution in [2.75, 3.05) is 4.90 Å². The van der Waals surface area contributed by atoms with Gasteiger partial charge in [0.05, 0.1) is 11.4 Å². The molecule has 1 atom stereocenters. The maximum atomic E-state index is 12.7. The van der Waals surface area contributed by atoms with Crippen LogP contribution in [0.3, 0.4) is 0 Å². The van der Waals surface area contributed by atoms with E-state index in [4.69, 9.17) is 12.2 Å². The van der Waals surface area contributed by atoms with Crippen LogP contribution in [-0.2, 0) is 9.59 Å². The summed E-state index contributed by atoms with van der Waals surface area (Å²) in [5.41, 5.74) is 1.29. The van der Waals surface area contributed by atoms with E-state index in [0.717, 1.165) is 0 Å². The van der Waals surface area contributed by atoms with Gasteiger partial charge in [-0.1, -0.05) is 36.4 Å². The number of anilines is 1. The molecular formula is C17H13N3O2S. The third-order valence-corrected chi connectivity index (χ3v) is 3.63. The first-order chi connectivity index (χ1) is 11.2. The lowest BCUT2D eigenvalue weighted by Gasteiger charge is -2.30. The smallest absolute Gasteiger partial charge is 0.251 e. The van der Waals surface area contributed by atoms with Gasteiger partial charge in [0.1, 0.15) is 0 Å². The first-order valence-corrected chi connectivity index (χ1v) is 7.41. The maximum absolute atomic E-state index is 12.7. The summed E-state index contributed by atoms with van der Waals surface area (Å²) in [7, 11) is 0. The summed E-state index contributed by atoms with van der Waals surface area (Å²) >= 11 is 5.12. The van der Waals surface area contributed by atoms with Crippen LogP contribution in [0.1, 0.15) is 0 Å². The van der Waals surface area contributed by atoms with E-state index in [0.29, 0.717) is 11.4 Å². The van der Waals surface area contributed by atoms with Gasteiger partial charge >= 0.3 is 0 Å². The Bertz CT molecular complexity index is 775. The van der Waals surface area contributed by atoms with Crippen LogP contribution in [0.4, 0.5) is 11.4 Å². The molecule has 114 valence electrons. The molecule has 1 fully saturated rings. The molecule has 1 aliphatic heterocycles. The van der Waals surface area contributed by atoms with Crippen molar-refractivity contribution in [2.45, 2.75) is 0 Å². The van der Waals surface area contributed by atoms with E-state index in [2.05, 4.69) is 10.3 Å². The number of hydrogen-bond donors (Lipinski definition) is 1. The van der Waals surface area contributed by atoms with Gasteiger partial charge in [0.25, 0.3) is 5.91 Å². The van der Waals surface area contributed by atoms with Crippen LogP contribution in [0, 0.1) is 5.92 Å². The van der Waals surface area contributed by atoms with Crippen LogP contribution in [-0.4, -0.2) is 23.1 Å². The molecule has 23 heavy (non-hydrogen) atoms. The first-order valence-electron chi connectivity index (χ1n) is 7.00. The number of para-hydroxylation sites is 2. The summed E-state index contributed by atoms with van der Waals surface area (Å²) < 4.78 is 0. The molecule has 0 saturated carbocycles. The molecule has 3 rings (SSSR count). The van der Waals surface area contributed by atoms with E-state index in [1.54, 1.807) is 36.4 Å². The van der Waals surface area contributed by atoms with Gasteiger partial charge in [-0.2, -0.15) is 0 Å². The van der Waals surface area contributed by atoms with Gasteiger partial charge in [0.2, 0.25) is 5.91 Å². The van der Waals surface area contributed by atoms with Gasteiger partial charge in [-0.25, -0.2) is 0 Å². The van der Waals surface area contributed by atoms with Gasteiger partial charge in [-0.3, -0.25) is 19.5 Å². The van der Waals surface area contributed by atoms with Crippen molar-refractivity contribution in [3.63, 3.8) is 0 Å². The molecule has 0 aromatic heterocycles. The normalized spacial score (nSPS) is 18.3. The Morgan fingerprint density at radius 2 is 1.61 bits per heavy atom.